The molecule has 1 heterocycles. The second-order valence-corrected chi connectivity index (χ2v) is 6.86. The van der Waals surface area contributed by atoms with Gasteiger partial charge in [0, 0.05) is 38.3 Å². The van der Waals surface area contributed by atoms with Gasteiger partial charge in [0.05, 0.1) is 4.90 Å². The standard InChI is InChI=1S/C14H22N4O3S.2ClH/c15-7-1-2-14(19)18-10-8-17(9-11-18)12-3-5-13(6-4-12)22(16,20)21;;/h3-6H,1-2,7-11,15H2,(H2,16,20,21);2*1H. The van der Waals surface area contributed by atoms with Crippen molar-refractivity contribution in [3.63, 3.8) is 0 Å². The quantitative estimate of drug-likeness (QED) is 0.752. The molecule has 0 unspecified atom stereocenters. The van der Waals surface area contributed by atoms with E-state index in [9.17, 15) is 13.2 Å². The van der Waals surface area contributed by atoms with E-state index in [1.807, 2.05) is 4.90 Å². The Labute approximate surface area is 155 Å². The van der Waals surface area contributed by atoms with Crippen molar-refractivity contribution in [1.82, 2.24) is 4.90 Å². The molecule has 1 aliphatic rings. The maximum absolute atomic E-state index is 11.9. The summed E-state index contributed by atoms with van der Waals surface area (Å²) in [6, 6.07) is 6.49. The molecular formula is C14H24Cl2N4O3S. The van der Waals surface area contributed by atoms with Crippen LogP contribution in [0.15, 0.2) is 29.2 Å². The number of anilines is 1. The molecule has 10 heteroatoms. The topological polar surface area (TPSA) is 110 Å². The molecule has 1 aromatic carbocycles. The molecule has 0 atom stereocenters. The summed E-state index contributed by atoms with van der Waals surface area (Å²) in [4.78, 5) is 16.0. The van der Waals surface area contributed by atoms with Crippen molar-refractivity contribution in [1.29, 1.82) is 0 Å². The van der Waals surface area contributed by atoms with Gasteiger partial charge in [-0.1, -0.05) is 0 Å². The van der Waals surface area contributed by atoms with Crippen molar-refractivity contribution in [3.8, 4) is 0 Å². The average Bonchev–Trinajstić information content (AvgIpc) is 2.52. The lowest BCUT2D eigenvalue weighted by molar-refractivity contribution is -0.131. The van der Waals surface area contributed by atoms with Crippen LogP contribution in [0.1, 0.15) is 12.8 Å². The highest BCUT2D eigenvalue weighted by Crippen LogP contribution is 2.19. The highest BCUT2D eigenvalue weighted by molar-refractivity contribution is 7.89. The van der Waals surface area contributed by atoms with Crippen molar-refractivity contribution >= 4 is 46.4 Å². The van der Waals surface area contributed by atoms with Crippen LogP contribution in [0.2, 0.25) is 0 Å². The van der Waals surface area contributed by atoms with Crippen LogP contribution >= 0.6 is 24.8 Å². The third-order valence-corrected chi connectivity index (χ3v) is 4.69. The zero-order valence-electron chi connectivity index (χ0n) is 13.3. The maximum atomic E-state index is 11.9. The fraction of sp³-hybridized carbons (Fsp3) is 0.500. The SMILES string of the molecule is Cl.Cl.NCCCC(=O)N1CCN(c2ccc(S(N)(=O)=O)cc2)CC1. The minimum atomic E-state index is -3.66. The van der Waals surface area contributed by atoms with Crippen molar-refractivity contribution in [3.05, 3.63) is 24.3 Å². The number of nitrogens with zero attached hydrogens (tertiary/aromatic N) is 2. The minimum Gasteiger partial charge on any atom is -0.368 e. The number of nitrogens with two attached hydrogens (primary N) is 2. The van der Waals surface area contributed by atoms with Gasteiger partial charge in [0.1, 0.15) is 0 Å². The summed E-state index contributed by atoms with van der Waals surface area (Å²) in [5.74, 6) is 0.148. The normalized spacial score (nSPS) is 14.6. The van der Waals surface area contributed by atoms with Crippen molar-refractivity contribution in [2.75, 3.05) is 37.6 Å². The van der Waals surface area contributed by atoms with E-state index in [1.165, 1.54) is 12.1 Å². The molecule has 138 valence electrons. The molecule has 0 radical (unpaired) electrons. The number of piperazine rings is 1. The van der Waals surface area contributed by atoms with E-state index < -0.39 is 10.0 Å². The molecule has 0 saturated carbocycles. The van der Waals surface area contributed by atoms with Gasteiger partial charge in [-0.25, -0.2) is 13.6 Å². The van der Waals surface area contributed by atoms with Crippen LogP contribution in [-0.2, 0) is 14.8 Å². The Balaban J connectivity index is 0.00000264. The highest BCUT2D eigenvalue weighted by Gasteiger charge is 2.21. The summed E-state index contributed by atoms with van der Waals surface area (Å²) >= 11 is 0. The summed E-state index contributed by atoms with van der Waals surface area (Å²) in [6.45, 7) is 3.31. The van der Waals surface area contributed by atoms with Gasteiger partial charge in [-0.2, -0.15) is 0 Å². The number of carbonyl (C=O) groups is 1. The van der Waals surface area contributed by atoms with Crippen LogP contribution in [0, 0.1) is 0 Å². The van der Waals surface area contributed by atoms with E-state index in [0.717, 1.165) is 18.8 Å². The number of rotatable bonds is 5. The third-order valence-electron chi connectivity index (χ3n) is 3.76. The first-order chi connectivity index (χ1) is 10.4. The predicted molar refractivity (Wildman–Crippen MR) is 99.4 cm³/mol. The van der Waals surface area contributed by atoms with Crippen LogP contribution in [0.3, 0.4) is 0 Å². The summed E-state index contributed by atoms with van der Waals surface area (Å²) < 4.78 is 22.5. The lowest BCUT2D eigenvalue weighted by atomic mass is 10.2. The smallest absolute Gasteiger partial charge is 0.238 e. The Morgan fingerprint density at radius 2 is 1.58 bits per heavy atom. The van der Waals surface area contributed by atoms with E-state index in [1.54, 1.807) is 12.1 Å². The fourth-order valence-corrected chi connectivity index (χ4v) is 2.99. The number of hydrogen-bond acceptors (Lipinski definition) is 5. The Morgan fingerprint density at radius 3 is 2.04 bits per heavy atom. The van der Waals surface area contributed by atoms with Crippen molar-refractivity contribution in [2.24, 2.45) is 10.9 Å². The zero-order chi connectivity index (χ0) is 16.2. The number of amides is 1. The van der Waals surface area contributed by atoms with Gasteiger partial charge >= 0.3 is 0 Å². The van der Waals surface area contributed by atoms with Crippen LogP contribution in [0.5, 0.6) is 0 Å². The first-order valence-corrected chi connectivity index (χ1v) is 8.82. The molecule has 1 fully saturated rings. The Bertz CT molecular complexity index is 617. The molecule has 7 nitrogen and oxygen atoms in total. The van der Waals surface area contributed by atoms with Crippen LogP contribution < -0.4 is 15.8 Å². The lowest BCUT2D eigenvalue weighted by Crippen LogP contribution is -2.48. The molecule has 0 spiro atoms. The van der Waals surface area contributed by atoms with E-state index >= 15 is 0 Å². The summed E-state index contributed by atoms with van der Waals surface area (Å²) in [5.41, 5.74) is 6.35. The molecule has 0 aromatic heterocycles. The lowest BCUT2D eigenvalue weighted by Gasteiger charge is -2.36. The molecular weight excluding hydrogens is 375 g/mol. The van der Waals surface area contributed by atoms with Gasteiger partial charge in [0.25, 0.3) is 0 Å². The zero-order valence-corrected chi connectivity index (χ0v) is 15.7. The molecule has 1 aliphatic heterocycles. The first-order valence-electron chi connectivity index (χ1n) is 7.27. The van der Waals surface area contributed by atoms with Crippen LogP contribution in [-0.4, -0.2) is 51.9 Å². The molecule has 0 aliphatic carbocycles. The van der Waals surface area contributed by atoms with Gasteiger partial charge in [-0.05, 0) is 37.2 Å². The Kier molecular flexibility index (Phi) is 9.61. The van der Waals surface area contributed by atoms with Gasteiger partial charge < -0.3 is 15.5 Å². The van der Waals surface area contributed by atoms with Crippen LogP contribution in [0.4, 0.5) is 5.69 Å². The average molecular weight is 399 g/mol. The summed E-state index contributed by atoms with van der Waals surface area (Å²) in [5, 5.41) is 5.08. The van der Waals surface area contributed by atoms with Crippen molar-refractivity contribution in [2.45, 2.75) is 17.7 Å². The first kappa shape index (κ1) is 22.9. The highest BCUT2D eigenvalue weighted by atomic mass is 35.5. The molecule has 1 saturated heterocycles. The molecule has 2 rings (SSSR count). The summed E-state index contributed by atoms with van der Waals surface area (Å²) in [6.07, 6.45) is 1.22. The van der Waals surface area contributed by atoms with Gasteiger partial charge in [0.2, 0.25) is 15.9 Å². The monoisotopic (exact) mass is 398 g/mol. The molecule has 1 amide bonds. The van der Waals surface area contributed by atoms with Gasteiger partial charge in [0.15, 0.2) is 0 Å². The third kappa shape index (κ3) is 6.10. The van der Waals surface area contributed by atoms with E-state index in [2.05, 4.69) is 4.90 Å². The fourth-order valence-electron chi connectivity index (χ4n) is 2.47. The molecule has 4 N–H and O–H groups in total. The Hall–Kier alpha value is -1.06. The number of carbonyl (C=O) groups excluding carboxylic acids is 1. The maximum Gasteiger partial charge on any atom is 0.238 e. The van der Waals surface area contributed by atoms with E-state index in [-0.39, 0.29) is 35.6 Å². The number of sulfonamides is 1. The van der Waals surface area contributed by atoms with E-state index in [0.29, 0.717) is 32.5 Å². The molecule has 24 heavy (non-hydrogen) atoms. The second kappa shape index (κ2) is 10.0. The number of hydrogen-bond donors (Lipinski definition) is 2. The van der Waals surface area contributed by atoms with Gasteiger partial charge in [-0.3, -0.25) is 4.79 Å². The number of primary sulfonamides is 1. The molecule has 1 aromatic rings. The van der Waals surface area contributed by atoms with E-state index in [4.69, 9.17) is 10.9 Å². The van der Waals surface area contributed by atoms with Crippen LogP contribution in [0.25, 0.3) is 0 Å². The number of benzene rings is 1. The van der Waals surface area contributed by atoms with Gasteiger partial charge in [-0.15, -0.1) is 24.8 Å². The largest absolute Gasteiger partial charge is 0.368 e. The summed E-state index contributed by atoms with van der Waals surface area (Å²) in [7, 11) is -3.66. The minimum absolute atomic E-state index is 0. The predicted octanol–water partition coefficient (Wildman–Crippen LogP) is 0.565. The Morgan fingerprint density at radius 1 is 1.04 bits per heavy atom. The second-order valence-electron chi connectivity index (χ2n) is 5.30. The molecule has 0 bridgehead atoms. The van der Waals surface area contributed by atoms with Crippen molar-refractivity contribution < 1.29 is 13.2 Å². The number of halogens is 2.